The average Bonchev–Trinajstić information content (AvgIpc) is 1.53. The van der Waals surface area contributed by atoms with Crippen LogP contribution in [0.4, 0.5) is 34.1 Å². The smallest absolute Gasteiger partial charge is 0.136 e. The second kappa shape index (κ2) is 33.8. The molecule has 4 aromatic heterocycles. The first-order valence-electron chi connectivity index (χ1n) is 48.0. The summed E-state index contributed by atoms with van der Waals surface area (Å²) in [6.45, 7) is 0. The van der Waals surface area contributed by atoms with Crippen LogP contribution in [0.3, 0.4) is 0 Å². The highest BCUT2D eigenvalue weighted by atomic mass is 32.1. The molecule has 0 bridgehead atoms. The van der Waals surface area contributed by atoms with Crippen LogP contribution in [0.2, 0.25) is 0 Å². The first-order valence-corrected chi connectivity index (χ1v) is 49.6. The van der Waals surface area contributed by atoms with Crippen molar-refractivity contribution in [3.63, 3.8) is 0 Å². The molecule has 0 saturated heterocycles. The van der Waals surface area contributed by atoms with E-state index in [9.17, 15) is 0 Å². The molecule has 0 atom stereocenters. The van der Waals surface area contributed by atoms with Gasteiger partial charge in [0, 0.05) is 95.8 Å². The van der Waals surface area contributed by atoms with Crippen molar-refractivity contribution in [2.75, 3.05) is 9.80 Å². The predicted molar refractivity (Wildman–Crippen MR) is 590 cm³/mol. The van der Waals surface area contributed by atoms with Crippen LogP contribution in [-0.2, 0) is 10.8 Å². The Labute approximate surface area is 819 Å². The Balaban J connectivity index is 0.000000141. The first kappa shape index (κ1) is 82.0. The molecule has 6 heteroatoms. The van der Waals surface area contributed by atoms with Crippen molar-refractivity contribution >= 4 is 141 Å². The fourth-order valence-corrected chi connectivity index (χ4v) is 25.1. The summed E-state index contributed by atoms with van der Waals surface area (Å²) in [6, 6.07) is 191. The van der Waals surface area contributed by atoms with Gasteiger partial charge in [0.2, 0.25) is 0 Å². The van der Waals surface area contributed by atoms with Crippen LogP contribution in [0.5, 0.6) is 0 Å². The lowest BCUT2D eigenvalue weighted by Crippen LogP contribution is -2.28. The topological polar surface area (TPSA) is 32.8 Å². The van der Waals surface area contributed by atoms with Crippen molar-refractivity contribution in [2.24, 2.45) is 0 Å². The van der Waals surface area contributed by atoms with Crippen molar-refractivity contribution in [3.8, 4) is 89.0 Å². The lowest BCUT2D eigenvalue weighted by atomic mass is 9.68. The Morgan fingerprint density at radius 3 is 0.886 bits per heavy atom. The quantitative estimate of drug-likeness (QED) is 0.0965. The van der Waals surface area contributed by atoms with Gasteiger partial charge in [-0.3, -0.25) is 0 Å². The monoisotopic (exact) mass is 1820 g/mol. The van der Waals surface area contributed by atoms with Crippen molar-refractivity contribution in [3.05, 3.63) is 566 Å². The van der Waals surface area contributed by atoms with Gasteiger partial charge in [0.05, 0.1) is 22.2 Å². The molecule has 0 unspecified atom stereocenters. The molecule has 28 rings (SSSR count). The number of para-hydroxylation sites is 2. The van der Waals surface area contributed by atoms with Gasteiger partial charge in [0.1, 0.15) is 22.3 Å². The van der Waals surface area contributed by atoms with E-state index < -0.39 is 10.8 Å². The van der Waals surface area contributed by atoms with Crippen molar-refractivity contribution in [1.82, 2.24) is 0 Å². The molecule has 22 aromatic carbocycles. The zero-order valence-electron chi connectivity index (χ0n) is 76.2. The molecule has 0 N–H and O–H groups in total. The molecule has 0 aliphatic heterocycles. The van der Waals surface area contributed by atoms with E-state index in [1.165, 1.54) is 152 Å². The molecular weight excluding hydrogens is 1730 g/mol. The van der Waals surface area contributed by atoms with Gasteiger partial charge in [0.15, 0.2) is 0 Å². The van der Waals surface area contributed by atoms with Gasteiger partial charge in [-0.2, -0.15) is 0 Å². The maximum atomic E-state index is 6.33. The number of rotatable bonds is 16. The van der Waals surface area contributed by atoms with Crippen molar-refractivity contribution in [2.45, 2.75) is 10.8 Å². The number of benzene rings is 22. The number of fused-ring (bicyclic) bond motifs is 18. The van der Waals surface area contributed by atoms with Crippen LogP contribution in [-0.4, -0.2) is 0 Å². The Bertz CT molecular complexity index is 9170. The molecule has 0 spiro atoms. The third-order valence-electron chi connectivity index (χ3n) is 29.2. The van der Waals surface area contributed by atoms with Crippen LogP contribution in [0.25, 0.3) is 173 Å². The fraction of sp³-hybridized carbons (Fsp3) is 0.0149. The van der Waals surface area contributed by atoms with E-state index in [0.29, 0.717) is 0 Å². The van der Waals surface area contributed by atoms with Gasteiger partial charge in [-0.1, -0.05) is 400 Å². The molecule has 0 saturated carbocycles. The Hall–Kier alpha value is -17.5. The van der Waals surface area contributed by atoms with E-state index in [-0.39, 0.29) is 0 Å². The summed E-state index contributed by atoms with van der Waals surface area (Å²) >= 11 is 3.74. The van der Waals surface area contributed by atoms with Gasteiger partial charge in [-0.25, -0.2) is 0 Å². The summed E-state index contributed by atoms with van der Waals surface area (Å²) in [7, 11) is 0. The molecular formula is C134H86N2O2S2. The van der Waals surface area contributed by atoms with E-state index in [2.05, 4.69) is 507 Å². The van der Waals surface area contributed by atoms with Crippen LogP contribution < -0.4 is 9.80 Å². The fourth-order valence-electron chi connectivity index (χ4n) is 22.8. The zero-order valence-corrected chi connectivity index (χ0v) is 77.8. The third-order valence-corrected chi connectivity index (χ3v) is 31.6. The molecule has 2 aliphatic rings. The second-order valence-electron chi connectivity index (χ2n) is 36.7. The maximum absolute atomic E-state index is 6.33. The van der Waals surface area contributed by atoms with Crippen molar-refractivity contribution < 1.29 is 8.83 Å². The van der Waals surface area contributed by atoms with Crippen LogP contribution >= 0.6 is 22.7 Å². The van der Waals surface area contributed by atoms with Gasteiger partial charge in [-0.15, -0.1) is 22.7 Å². The first-order chi connectivity index (χ1) is 69.4. The van der Waals surface area contributed by atoms with Crippen LogP contribution in [0, 0.1) is 0 Å². The summed E-state index contributed by atoms with van der Waals surface area (Å²) in [5.74, 6) is 0. The van der Waals surface area contributed by atoms with E-state index >= 15 is 0 Å². The minimum atomic E-state index is -0.520. The highest BCUT2D eigenvalue weighted by Crippen LogP contribution is 2.63. The average molecular weight is 1820 g/mol. The molecule has 140 heavy (non-hydrogen) atoms. The lowest BCUT2D eigenvalue weighted by molar-refractivity contribution is 0.668. The molecule has 2 aliphatic carbocycles. The van der Waals surface area contributed by atoms with Gasteiger partial charge < -0.3 is 18.6 Å². The SMILES string of the molecule is c1ccc(C2(c3ccccc3)c3ccccc3-c3c(N(c4ccc(-c5ccc(-c6ccc7sc8ccccc8c7c6)cc5)cc4)c4ccc(-c5ccc6c(c5)oc5ccccc56)cc4)cccc32)cc1.c1ccc(C2(c3ccccc3)c3ccccc3-c3c(N(c4ccc(-c5ccc(-c6cccc7c6sc6ccccc67)cc5)cc4)c4ccc(-c5ccc6c(c5)oc5ccccc56)cc4)cccc32)cc1. The number of anilines is 6. The van der Waals surface area contributed by atoms with E-state index in [4.69, 9.17) is 8.83 Å². The molecule has 4 nitrogen and oxygen atoms in total. The Morgan fingerprint density at radius 2 is 0.457 bits per heavy atom. The van der Waals surface area contributed by atoms with E-state index in [1.807, 2.05) is 46.9 Å². The summed E-state index contributed by atoms with van der Waals surface area (Å²) in [5.41, 5.74) is 38.3. The highest BCUT2D eigenvalue weighted by Gasteiger charge is 2.49. The van der Waals surface area contributed by atoms with Crippen molar-refractivity contribution in [1.29, 1.82) is 0 Å². The Kier molecular flexibility index (Phi) is 19.8. The van der Waals surface area contributed by atoms with Gasteiger partial charge in [0.25, 0.3) is 0 Å². The van der Waals surface area contributed by atoms with E-state index in [1.54, 1.807) is 0 Å². The highest BCUT2D eigenvalue weighted by molar-refractivity contribution is 7.26. The normalized spacial score (nSPS) is 12.7. The minimum Gasteiger partial charge on any atom is -0.456 e. The zero-order chi connectivity index (χ0) is 92.4. The molecule has 0 radical (unpaired) electrons. The number of hydrogen-bond acceptors (Lipinski definition) is 6. The summed E-state index contributed by atoms with van der Waals surface area (Å²) in [5, 5.41) is 9.82. The summed E-state index contributed by atoms with van der Waals surface area (Å²) < 4.78 is 18.0. The third kappa shape index (κ3) is 13.5. The molecule has 0 amide bonds. The number of nitrogens with zero attached hydrogens (tertiary/aromatic N) is 2. The van der Waals surface area contributed by atoms with E-state index in [0.717, 1.165) is 100 Å². The largest absolute Gasteiger partial charge is 0.456 e. The van der Waals surface area contributed by atoms with Gasteiger partial charge in [-0.05, 0) is 244 Å². The van der Waals surface area contributed by atoms with Crippen LogP contribution in [0.1, 0.15) is 44.5 Å². The summed E-state index contributed by atoms with van der Waals surface area (Å²) in [6.07, 6.45) is 0. The number of thiophene rings is 2. The molecule has 656 valence electrons. The number of hydrogen-bond donors (Lipinski definition) is 0. The van der Waals surface area contributed by atoms with Gasteiger partial charge >= 0.3 is 0 Å². The molecule has 0 fully saturated rings. The molecule has 26 aromatic rings. The minimum absolute atomic E-state index is 0.519. The second-order valence-corrected chi connectivity index (χ2v) is 38.8. The number of furan rings is 2. The lowest BCUT2D eigenvalue weighted by Gasteiger charge is -2.34. The standard InChI is InChI=1S/2C67H43NOS/c1-3-15-49(16-4-1)67(50-17-5-2-6-18-50)59-24-10-7-21-58(59)65-60(67)25-14-26-61(65)68(52-40-35-46(36-41-52)48-37-42-55-54-19-8-11-27-62(54)69-63(55)43-48)51-38-33-45(34-39-51)44-29-31-47(32-30-44)53-22-13-23-57-56-20-9-12-28-64(56)70-66(53)57;1-3-14-50(15-4-1)67(51-16-5-2-6-17-51)59-21-10-7-20-57(59)66-60(67)22-13-23-61(66)68(53-38-32-47(33-39-53)49-34-40-55-54-18-8-11-24-62(54)69-63(55)43-49)52-36-30-45(31-37-52)44-26-28-46(29-27-44)48-35-41-65-58(42-48)56-19-9-12-25-64(56)70-65/h2*1-43H. The summed E-state index contributed by atoms with van der Waals surface area (Å²) in [4.78, 5) is 4.90. The Morgan fingerprint density at radius 1 is 0.171 bits per heavy atom. The maximum Gasteiger partial charge on any atom is 0.136 e. The van der Waals surface area contributed by atoms with Crippen LogP contribution in [0.15, 0.2) is 531 Å². The predicted octanol–water partition coefficient (Wildman–Crippen LogP) is 37.6. The molecule has 4 heterocycles.